The van der Waals surface area contributed by atoms with Gasteiger partial charge in [0.1, 0.15) is 17.7 Å². The van der Waals surface area contributed by atoms with E-state index >= 15 is 0 Å². The van der Waals surface area contributed by atoms with Crippen LogP contribution in [0, 0.1) is 22.7 Å². The topological polar surface area (TPSA) is 57.4 Å². The highest BCUT2D eigenvalue weighted by atomic mass is 15.0. The fourth-order valence-electron chi connectivity index (χ4n) is 10.0. The molecule has 0 N–H and O–H groups in total. The van der Waals surface area contributed by atoms with Gasteiger partial charge in [-0.1, -0.05) is 113 Å². The van der Waals surface area contributed by atoms with E-state index in [1.807, 2.05) is 18.2 Å². The van der Waals surface area contributed by atoms with Crippen molar-refractivity contribution >= 4 is 43.6 Å². The second-order valence-corrected chi connectivity index (χ2v) is 16.0. The minimum Gasteiger partial charge on any atom is -0.308 e. The maximum Gasteiger partial charge on any atom is 0.104 e. The molecule has 2 aliphatic rings. The third-order valence-corrected chi connectivity index (χ3v) is 12.6. The van der Waals surface area contributed by atoms with Crippen LogP contribution in [0.1, 0.15) is 61.1 Å². The molecule has 2 aliphatic carbocycles. The maximum absolute atomic E-state index is 11.3. The summed E-state index contributed by atoms with van der Waals surface area (Å²) in [5.41, 5.74) is 16.1. The summed E-state index contributed by atoms with van der Waals surface area (Å²) in [6, 6.07) is 52.6. The van der Waals surface area contributed by atoms with E-state index in [0.717, 1.165) is 49.3 Å². The Bertz CT molecular complexity index is 3240. The quantitative estimate of drug-likeness (QED) is 0.181. The number of nitriles is 2. The monoisotopic (exact) mass is 690 g/mol. The first-order valence-corrected chi connectivity index (χ1v) is 18.6. The van der Waals surface area contributed by atoms with Gasteiger partial charge in [-0.25, -0.2) is 0 Å². The Hall–Kier alpha value is -6.88. The second-order valence-electron chi connectivity index (χ2n) is 16.0. The molecule has 2 heterocycles. The average Bonchev–Trinajstić information content (AvgIpc) is 3.84. The van der Waals surface area contributed by atoms with Crippen molar-refractivity contribution in [2.24, 2.45) is 0 Å². The molecule has 7 aromatic carbocycles. The molecule has 0 radical (unpaired) electrons. The second kappa shape index (κ2) is 10.4. The van der Waals surface area contributed by atoms with Gasteiger partial charge < -0.3 is 9.13 Å². The van der Waals surface area contributed by atoms with Crippen LogP contribution < -0.4 is 0 Å². The van der Waals surface area contributed by atoms with Crippen molar-refractivity contribution in [3.63, 3.8) is 0 Å². The van der Waals surface area contributed by atoms with E-state index in [4.69, 9.17) is 0 Å². The summed E-state index contributed by atoms with van der Waals surface area (Å²) in [5, 5.41) is 26.6. The summed E-state index contributed by atoms with van der Waals surface area (Å²) in [4.78, 5) is 0. The molecule has 11 rings (SSSR count). The van der Waals surface area contributed by atoms with Crippen LogP contribution in [-0.2, 0) is 10.8 Å². The minimum absolute atomic E-state index is 0.189. The first-order valence-electron chi connectivity index (χ1n) is 18.6. The molecule has 9 aromatic rings. The van der Waals surface area contributed by atoms with Gasteiger partial charge in [0.2, 0.25) is 0 Å². The highest BCUT2D eigenvalue weighted by Gasteiger charge is 2.38. The Balaban J connectivity index is 1.25. The maximum atomic E-state index is 11.3. The smallest absolute Gasteiger partial charge is 0.104 e. The number of benzene rings is 7. The molecule has 0 amide bonds. The average molecular weight is 691 g/mol. The van der Waals surface area contributed by atoms with Crippen molar-refractivity contribution < 1.29 is 0 Å². The van der Waals surface area contributed by atoms with Crippen molar-refractivity contribution in [1.29, 1.82) is 10.5 Å². The number of fused-ring (bicyclic) bond motifs is 12. The molecule has 0 saturated carbocycles. The van der Waals surface area contributed by atoms with Crippen LogP contribution in [0.4, 0.5) is 0 Å². The van der Waals surface area contributed by atoms with Crippen molar-refractivity contribution in [3.05, 3.63) is 167 Å². The summed E-state index contributed by atoms with van der Waals surface area (Å²) in [6.45, 7) is 9.18. The molecule has 4 nitrogen and oxygen atoms in total. The molecule has 0 atom stereocenters. The molecule has 0 bridgehead atoms. The van der Waals surface area contributed by atoms with Crippen LogP contribution in [-0.4, -0.2) is 9.13 Å². The van der Waals surface area contributed by atoms with Crippen molar-refractivity contribution in [3.8, 4) is 45.8 Å². The van der Waals surface area contributed by atoms with Crippen LogP contribution in [0.15, 0.2) is 133 Å². The van der Waals surface area contributed by atoms with Crippen LogP contribution in [0.2, 0.25) is 0 Å². The van der Waals surface area contributed by atoms with Crippen LogP contribution in [0.5, 0.6) is 0 Å². The molecule has 0 aliphatic heterocycles. The minimum atomic E-state index is -0.212. The van der Waals surface area contributed by atoms with Crippen LogP contribution in [0.3, 0.4) is 0 Å². The molecule has 2 aromatic heterocycles. The molecule has 4 heteroatoms. The van der Waals surface area contributed by atoms with Gasteiger partial charge in [0, 0.05) is 32.4 Å². The van der Waals surface area contributed by atoms with Gasteiger partial charge in [0.25, 0.3) is 0 Å². The van der Waals surface area contributed by atoms with E-state index in [-0.39, 0.29) is 10.8 Å². The lowest BCUT2D eigenvalue weighted by Gasteiger charge is -2.22. The van der Waals surface area contributed by atoms with E-state index in [0.29, 0.717) is 16.8 Å². The summed E-state index contributed by atoms with van der Waals surface area (Å²) >= 11 is 0. The zero-order valence-corrected chi connectivity index (χ0v) is 30.5. The Morgan fingerprint density at radius 1 is 0.426 bits per heavy atom. The molecule has 0 saturated heterocycles. The van der Waals surface area contributed by atoms with Crippen molar-refractivity contribution in [2.45, 2.75) is 38.5 Å². The Labute approximate surface area is 313 Å². The van der Waals surface area contributed by atoms with E-state index < -0.39 is 0 Å². The largest absolute Gasteiger partial charge is 0.308 e. The first kappa shape index (κ1) is 30.7. The fraction of sp³-hybridized carbons (Fsp3) is 0.120. The van der Waals surface area contributed by atoms with E-state index in [2.05, 4.69) is 164 Å². The highest BCUT2D eigenvalue weighted by molar-refractivity contribution is 6.13. The number of hydrogen-bond donors (Lipinski definition) is 0. The van der Waals surface area contributed by atoms with Gasteiger partial charge in [-0.15, -0.1) is 0 Å². The van der Waals surface area contributed by atoms with Gasteiger partial charge >= 0.3 is 0 Å². The Kier molecular flexibility index (Phi) is 5.90. The number of rotatable bonds is 2. The predicted octanol–water partition coefficient (Wildman–Crippen LogP) is 12.2. The number of para-hydroxylation sites is 2. The van der Waals surface area contributed by atoms with Gasteiger partial charge in [-0.05, 0) is 93.0 Å². The summed E-state index contributed by atoms with van der Waals surface area (Å²) in [7, 11) is 0. The number of nitrogens with zero attached hydrogens (tertiary/aromatic N) is 4. The molecule has 254 valence electrons. The standard InChI is InChI=1S/C50H34N4/c1-49(2)39-17-9-5-13-30(39)34-23-36-32-15-7-11-19-43(32)53(46(36)25-41(34)49)45-22-21-29(27-51)48(38(45)28-52)54-44-20-12-8-16-33(44)37-24-35-31-14-6-10-18-40(31)50(3,4)42(35)26-47(37)54/h5-26H,1-4H3. The summed E-state index contributed by atoms with van der Waals surface area (Å²) < 4.78 is 4.43. The SMILES string of the molecule is CC1(C)c2ccccc2-c2cc3c4ccccc4n(-c4ccc(C#N)c(-n5c6ccccc6c6cc7c(cc65)C(C)(C)c5ccccc5-7)c4C#N)c3cc21. The van der Waals surface area contributed by atoms with Gasteiger partial charge in [0.05, 0.1) is 39.0 Å². The molecule has 0 spiro atoms. The van der Waals surface area contributed by atoms with E-state index in [9.17, 15) is 10.5 Å². The van der Waals surface area contributed by atoms with E-state index in [1.165, 1.54) is 44.5 Å². The lowest BCUT2D eigenvalue weighted by molar-refractivity contribution is 0.661. The third kappa shape index (κ3) is 3.70. The molecule has 0 fully saturated rings. The lowest BCUT2D eigenvalue weighted by atomic mass is 9.82. The first-order chi connectivity index (χ1) is 26.2. The Morgan fingerprint density at radius 2 is 0.907 bits per heavy atom. The third-order valence-electron chi connectivity index (χ3n) is 12.6. The number of hydrogen-bond acceptors (Lipinski definition) is 2. The van der Waals surface area contributed by atoms with Crippen molar-refractivity contribution in [1.82, 2.24) is 9.13 Å². The summed E-state index contributed by atoms with van der Waals surface area (Å²) in [6.07, 6.45) is 0. The van der Waals surface area contributed by atoms with Crippen molar-refractivity contribution in [2.75, 3.05) is 0 Å². The summed E-state index contributed by atoms with van der Waals surface area (Å²) in [5.74, 6) is 0. The predicted molar refractivity (Wildman–Crippen MR) is 220 cm³/mol. The van der Waals surface area contributed by atoms with E-state index in [1.54, 1.807) is 0 Å². The van der Waals surface area contributed by atoms with Gasteiger partial charge in [-0.3, -0.25) is 0 Å². The zero-order chi connectivity index (χ0) is 36.7. The molecular formula is C50H34N4. The van der Waals surface area contributed by atoms with Gasteiger partial charge in [-0.2, -0.15) is 10.5 Å². The normalized spacial score (nSPS) is 14.6. The molecule has 0 unspecified atom stereocenters. The molecule has 54 heavy (non-hydrogen) atoms. The zero-order valence-electron chi connectivity index (χ0n) is 30.5. The number of aromatic nitrogens is 2. The fourth-order valence-corrected chi connectivity index (χ4v) is 10.0. The van der Waals surface area contributed by atoms with Crippen LogP contribution >= 0.6 is 0 Å². The molecular weight excluding hydrogens is 657 g/mol. The highest BCUT2D eigenvalue weighted by Crippen LogP contribution is 2.53. The van der Waals surface area contributed by atoms with Crippen LogP contribution in [0.25, 0.3) is 77.2 Å². The lowest BCUT2D eigenvalue weighted by Crippen LogP contribution is -2.15. The Morgan fingerprint density at radius 3 is 1.44 bits per heavy atom. The van der Waals surface area contributed by atoms with Gasteiger partial charge in [0.15, 0.2) is 0 Å².